The fourth-order valence-corrected chi connectivity index (χ4v) is 2.15. The molecule has 0 bridgehead atoms. The fourth-order valence-electron chi connectivity index (χ4n) is 1.39. The van der Waals surface area contributed by atoms with Crippen LogP contribution in [0.5, 0.6) is 0 Å². The zero-order valence-electron chi connectivity index (χ0n) is 7.66. The Morgan fingerprint density at radius 1 is 1.27 bits per heavy atom. The number of hydrogen-bond donors (Lipinski definition) is 1. The van der Waals surface area contributed by atoms with E-state index in [4.69, 9.17) is 5.73 Å². The molecule has 3 aromatic heterocycles. The Morgan fingerprint density at radius 3 is 3.00 bits per heavy atom. The van der Waals surface area contributed by atoms with E-state index in [2.05, 4.69) is 15.2 Å². The molecule has 3 rings (SSSR count). The number of thiophene rings is 1. The summed E-state index contributed by atoms with van der Waals surface area (Å²) in [4.78, 5) is 4.99. The lowest BCUT2D eigenvalue weighted by Gasteiger charge is -1.94. The number of fused-ring (bicyclic) bond motifs is 1. The predicted octanol–water partition coefficient (Wildman–Crippen LogP) is 1.43. The molecule has 0 atom stereocenters. The van der Waals surface area contributed by atoms with Crippen molar-refractivity contribution in [1.82, 2.24) is 19.6 Å². The first-order chi connectivity index (χ1) is 7.34. The molecule has 0 radical (unpaired) electrons. The van der Waals surface area contributed by atoms with Crippen LogP contribution in [0.2, 0.25) is 0 Å². The van der Waals surface area contributed by atoms with Crippen molar-refractivity contribution in [3.8, 4) is 10.7 Å². The molecule has 0 aliphatic carbocycles. The van der Waals surface area contributed by atoms with Gasteiger partial charge in [-0.1, -0.05) is 0 Å². The maximum absolute atomic E-state index is 5.68. The summed E-state index contributed by atoms with van der Waals surface area (Å²) in [7, 11) is 0. The molecule has 0 aromatic carbocycles. The van der Waals surface area contributed by atoms with E-state index in [1.807, 2.05) is 22.7 Å². The summed E-state index contributed by atoms with van der Waals surface area (Å²) in [5, 5.41) is 8.90. The molecule has 6 heteroatoms. The smallest absolute Gasteiger partial charge is 0.179 e. The van der Waals surface area contributed by atoms with Gasteiger partial charge in [-0.15, -0.1) is 21.5 Å². The van der Waals surface area contributed by atoms with E-state index < -0.39 is 0 Å². The number of rotatable bonds is 1. The minimum Gasteiger partial charge on any atom is -0.391 e. The van der Waals surface area contributed by atoms with Crippen LogP contribution in [-0.4, -0.2) is 19.6 Å². The van der Waals surface area contributed by atoms with Gasteiger partial charge < -0.3 is 5.73 Å². The van der Waals surface area contributed by atoms with Gasteiger partial charge >= 0.3 is 0 Å². The maximum Gasteiger partial charge on any atom is 0.179 e. The van der Waals surface area contributed by atoms with Gasteiger partial charge in [0.15, 0.2) is 11.5 Å². The van der Waals surface area contributed by atoms with Crippen LogP contribution >= 0.6 is 11.3 Å². The van der Waals surface area contributed by atoms with Crippen molar-refractivity contribution in [3.05, 3.63) is 30.7 Å². The Kier molecular flexibility index (Phi) is 1.69. The predicted molar refractivity (Wildman–Crippen MR) is 58.5 cm³/mol. The van der Waals surface area contributed by atoms with Crippen molar-refractivity contribution in [2.75, 3.05) is 5.73 Å². The Labute approximate surface area is 89.2 Å². The van der Waals surface area contributed by atoms with Crippen LogP contribution in [0.3, 0.4) is 0 Å². The van der Waals surface area contributed by atoms with Crippen molar-refractivity contribution < 1.29 is 0 Å². The molecule has 0 spiro atoms. The Hall–Kier alpha value is -1.95. The topological polar surface area (TPSA) is 69.1 Å². The molecular weight excluding hydrogens is 210 g/mol. The van der Waals surface area contributed by atoms with Crippen LogP contribution in [0.4, 0.5) is 5.00 Å². The SMILES string of the molecule is Nc1ccc(-c2nnc3cnccn23)s1. The first-order valence-corrected chi connectivity index (χ1v) is 5.17. The van der Waals surface area contributed by atoms with Crippen LogP contribution in [0, 0.1) is 0 Å². The number of nitrogens with zero attached hydrogens (tertiary/aromatic N) is 4. The highest BCUT2D eigenvalue weighted by Crippen LogP contribution is 2.27. The number of nitrogen functional groups attached to an aromatic ring is 1. The zero-order chi connectivity index (χ0) is 10.3. The van der Waals surface area contributed by atoms with Crippen LogP contribution < -0.4 is 5.73 Å². The van der Waals surface area contributed by atoms with Crippen LogP contribution in [0.25, 0.3) is 16.3 Å². The second kappa shape index (κ2) is 3.03. The second-order valence-electron chi connectivity index (χ2n) is 3.03. The summed E-state index contributed by atoms with van der Waals surface area (Å²) in [5.41, 5.74) is 6.41. The highest BCUT2D eigenvalue weighted by atomic mass is 32.1. The fraction of sp³-hybridized carbons (Fsp3) is 0. The van der Waals surface area contributed by atoms with Crippen LogP contribution in [-0.2, 0) is 0 Å². The van der Waals surface area contributed by atoms with Gasteiger partial charge in [-0.25, -0.2) is 0 Å². The van der Waals surface area contributed by atoms with Crippen molar-refractivity contribution in [2.45, 2.75) is 0 Å². The van der Waals surface area contributed by atoms with Gasteiger partial charge in [0.25, 0.3) is 0 Å². The largest absolute Gasteiger partial charge is 0.391 e. The normalized spacial score (nSPS) is 10.9. The standard InChI is InChI=1S/C9H7N5S/c10-7-2-1-6(15-7)9-13-12-8-5-11-3-4-14(8)9/h1-5H,10H2. The van der Waals surface area contributed by atoms with Crippen LogP contribution in [0.1, 0.15) is 0 Å². The van der Waals surface area contributed by atoms with Gasteiger partial charge in [0.1, 0.15) is 0 Å². The van der Waals surface area contributed by atoms with E-state index in [-0.39, 0.29) is 0 Å². The van der Waals surface area contributed by atoms with Crippen molar-refractivity contribution >= 4 is 22.0 Å². The highest BCUT2D eigenvalue weighted by Gasteiger charge is 2.09. The molecule has 5 nitrogen and oxygen atoms in total. The first kappa shape index (κ1) is 8.37. The average Bonchev–Trinajstić information content (AvgIpc) is 2.83. The second-order valence-corrected chi connectivity index (χ2v) is 4.15. The monoisotopic (exact) mass is 217 g/mol. The van der Waals surface area contributed by atoms with Crippen molar-refractivity contribution in [2.24, 2.45) is 0 Å². The van der Waals surface area contributed by atoms with E-state index in [0.29, 0.717) is 0 Å². The number of aromatic nitrogens is 4. The molecule has 3 heterocycles. The van der Waals surface area contributed by atoms with E-state index >= 15 is 0 Å². The van der Waals surface area contributed by atoms with Crippen LogP contribution in [0.15, 0.2) is 30.7 Å². The van der Waals surface area contributed by atoms with Gasteiger partial charge in [0.2, 0.25) is 0 Å². The number of hydrogen-bond acceptors (Lipinski definition) is 5. The molecular formula is C9H7N5S. The lowest BCUT2D eigenvalue weighted by atomic mass is 10.4. The molecule has 74 valence electrons. The first-order valence-electron chi connectivity index (χ1n) is 4.35. The summed E-state index contributed by atoms with van der Waals surface area (Å²) in [6.07, 6.45) is 5.21. The average molecular weight is 217 g/mol. The molecule has 0 saturated heterocycles. The molecule has 0 saturated carbocycles. The summed E-state index contributed by atoms with van der Waals surface area (Å²) >= 11 is 1.49. The van der Waals surface area contributed by atoms with Gasteiger partial charge in [0.05, 0.1) is 16.1 Å². The van der Waals surface area contributed by atoms with Gasteiger partial charge in [-0.2, -0.15) is 0 Å². The number of anilines is 1. The van der Waals surface area contributed by atoms with E-state index in [1.165, 1.54) is 11.3 Å². The lowest BCUT2D eigenvalue weighted by Crippen LogP contribution is -1.87. The minimum absolute atomic E-state index is 0.736. The van der Waals surface area contributed by atoms with Crippen molar-refractivity contribution in [1.29, 1.82) is 0 Å². The molecule has 0 fully saturated rings. The highest BCUT2D eigenvalue weighted by molar-refractivity contribution is 7.19. The molecule has 15 heavy (non-hydrogen) atoms. The Morgan fingerprint density at radius 2 is 2.20 bits per heavy atom. The number of nitrogens with two attached hydrogens (primary N) is 1. The molecule has 0 aliphatic heterocycles. The van der Waals surface area contributed by atoms with E-state index in [9.17, 15) is 0 Å². The third-order valence-corrected chi connectivity index (χ3v) is 2.97. The quantitative estimate of drug-likeness (QED) is 0.669. The maximum atomic E-state index is 5.68. The summed E-state index contributed by atoms with van der Waals surface area (Å²) in [5.74, 6) is 0.800. The summed E-state index contributed by atoms with van der Waals surface area (Å²) in [6, 6.07) is 3.80. The zero-order valence-corrected chi connectivity index (χ0v) is 8.48. The molecule has 0 amide bonds. The Bertz CT molecular complexity index is 612. The molecule has 0 aliphatic rings. The van der Waals surface area contributed by atoms with Crippen molar-refractivity contribution in [3.63, 3.8) is 0 Å². The van der Waals surface area contributed by atoms with E-state index in [0.717, 1.165) is 21.3 Å². The third-order valence-electron chi connectivity index (χ3n) is 2.06. The van der Waals surface area contributed by atoms with Gasteiger partial charge in [-0.3, -0.25) is 9.38 Å². The minimum atomic E-state index is 0.736. The lowest BCUT2D eigenvalue weighted by molar-refractivity contribution is 1.12. The molecule has 2 N–H and O–H groups in total. The van der Waals surface area contributed by atoms with Gasteiger partial charge in [-0.05, 0) is 12.1 Å². The molecule has 0 unspecified atom stereocenters. The van der Waals surface area contributed by atoms with E-state index in [1.54, 1.807) is 12.4 Å². The summed E-state index contributed by atoms with van der Waals surface area (Å²) in [6.45, 7) is 0. The summed E-state index contributed by atoms with van der Waals surface area (Å²) < 4.78 is 1.89. The molecule has 3 aromatic rings. The Balaban J connectivity index is 2.27. The van der Waals surface area contributed by atoms with Gasteiger partial charge in [0, 0.05) is 12.4 Å². The third kappa shape index (κ3) is 1.26.